The van der Waals surface area contributed by atoms with Gasteiger partial charge in [0.05, 0.1) is 6.61 Å². The number of hydrogen-bond acceptors (Lipinski definition) is 6. The number of nitrogens with one attached hydrogen (secondary N) is 1. The molecule has 1 heterocycles. The number of hydrogen-bond donors (Lipinski definition) is 2. The quantitative estimate of drug-likeness (QED) is 0.0973. The normalized spacial score (nSPS) is 16.3. The molecule has 3 atom stereocenters. The lowest BCUT2D eigenvalue weighted by Crippen LogP contribution is -2.50. The highest BCUT2D eigenvalue weighted by Gasteiger charge is 2.35. The van der Waals surface area contributed by atoms with Crippen molar-refractivity contribution in [3.63, 3.8) is 0 Å². The number of unbranched alkanes of at least 4 members (excludes halogenated alkanes) is 11. The molecule has 0 aliphatic carbocycles. The molecule has 1 saturated heterocycles. The van der Waals surface area contributed by atoms with Crippen LogP contribution in [0, 0.1) is 0 Å². The third-order valence-electron chi connectivity index (χ3n) is 7.32. The van der Waals surface area contributed by atoms with Gasteiger partial charge >= 0.3 is 6.09 Å². The predicted octanol–water partition coefficient (Wildman–Crippen LogP) is 6.29. The van der Waals surface area contributed by atoms with E-state index in [9.17, 15) is 14.7 Å². The molecule has 0 aromatic heterocycles. The molecule has 0 radical (unpaired) electrons. The van der Waals surface area contributed by atoms with Crippen LogP contribution in [0.15, 0.2) is 0 Å². The van der Waals surface area contributed by atoms with Crippen LogP contribution in [-0.4, -0.2) is 67.1 Å². The molecule has 218 valence electrons. The summed E-state index contributed by atoms with van der Waals surface area (Å²) in [5, 5.41) is 12.5. The lowest BCUT2D eigenvalue weighted by molar-refractivity contribution is -0.289. The average molecular weight is 529 g/mol. The van der Waals surface area contributed by atoms with Gasteiger partial charge in [-0.1, -0.05) is 97.3 Å². The van der Waals surface area contributed by atoms with Gasteiger partial charge in [-0.3, -0.25) is 9.68 Å². The Hall–Kier alpha value is -1.38. The summed E-state index contributed by atoms with van der Waals surface area (Å²) in [7, 11) is 1.40. The Bertz CT molecular complexity index is 567. The summed E-state index contributed by atoms with van der Waals surface area (Å²) in [4.78, 5) is 37.4. The average Bonchev–Trinajstić information content (AvgIpc) is 2.91. The maximum Gasteiger partial charge on any atom is 0.438 e. The van der Waals surface area contributed by atoms with Crippen molar-refractivity contribution in [1.82, 2.24) is 10.2 Å². The Balaban J connectivity index is 2.31. The van der Waals surface area contributed by atoms with Crippen molar-refractivity contribution >= 4 is 12.0 Å². The molecule has 1 aliphatic heterocycles. The molecule has 1 fully saturated rings. The van der Waals surface area contributed by atoms with Gasteiger partial charge in [-0.2, -0.15) is 4.89 Å². The van der Waals surface area contributed by atoms with E-state index >= 15 is 0 Å². The van der Waals surface area contributed by atoms with E-state index in [1.165, 1.54) is 77.7 Å². The van der Waals surface area contributed by atoms with Crippen molar-refractivity contribution in [3.8, 4) is 0 Å². The summed E-state index contributed by atoms with van der Waals surface area (Å²) < 4.78 is 5.22. The molecule has 8 nitrogen and oxygen atoms in total. The molecule has 8 heteroatoms. The van der Waals surface area contributed by atoms with Gasteiger partial charge in [0.1, 0.15) is 6.10 Å². The molecular formula is C29H56N2O6. The van der Waals surface area contributed by atoms with Gasteiger partial charge in [0.15, 0.2) is 0 Å². The predicted molar refractivity (Wildman–Crippen MR) is 147 cm³/mol. The summed E-state index contributed by atoms with van der Waals surface area (Å²) in [5.74, 6) is -0.324. The Labute approximate surface area is 226 Å². The molecule has 0 bridgehead atoms. The van der Waals surface area contributed by atoms with Gasteiger partial charge in [0.2, 0.25) is 6.10 Å². The van der Waals surface area contributed by atoms with Crippen LogP contribution in [0.3, 0.4) is 0 Å². The first-order valence-electron chi connectivity index (χ1n) is 15.1. The summed E-state index contributed by atoms with van der Waals surface area (Å²) in [6.07, 6.45) is 18.5. The van der Waals surface area contributed by atoms with Crippen molar-refractivity contribution in [2.24, 2.45) is 0 Å². The van der Waals surface area contributed by atoms with E-state index in [1.807, 2.05) is 0 Å². The number of aliphatic hydroxyl groups excluding tert-OH is 1. The fraction of sp³-hybridized carbons (Fsp3) is 0.931. The highest BCUT2D eigenvalue weighted by atomic mass is 17.2. The summed E-state index contributed by atoms with van der Waals surface area (Å²) >= 11 is 0. The summed E-state index contributed by atoms with van der Waals surface area (Å²) in [5.41, 5.74) is 0. The number of amides is 2. The van der Waals surface area contributed by atoms with Crippen LogP contribution in [0.2, 0.25) is 0 Å². The van der Waals surface area contributed by atoms with Crippen LogP contribution in [0.4, 0.5) is 4.79 Å². The van der Waals surface area contributed by atoms with Crippen molar-refractivity contribution < 1.29 is 29.2 Å². The molecule has 0 saturated carbocycles. The molecule has 2 N–H and O–H groups in total. The molecule has 1 rings (SSSR count). The van der Waals surface area contributed by atoms with Crippen LogP contribution in [0.25, 0.3) is 0 Å². The van der Waals surface area contributed by atoms with Gasteiger partial charge in [-0.25, -0.2) is 4.79 Å². The zero-order valence-corrected chi connectivity index (χ0v) is 24.0. The number of nitrogens with zero attached hydrogens (tertiary/aromatic N) is 1. The molecule has 2 unspecified atom stereocenters. The maximum atomic E-state index is 12.9. The molecule has 2 amide bonds. The number of ether oxygens (including phenoxy) is 1. The third kappa shape index (κ3) is 15.6. The Morgan fingerprint density at radius 3 is 1.89 bits per heavy atom. The molecule has 0 spiro atoms. The van der Waals surface area contributed by atoms with E-state index in [1.54, 1.807) is 4.90 Å². The van der Waals surface area contributed by atoms with Crippen LogP contribution in [0.5, 0.6) is 0 Å². The lowest BCUT2D eigenvalue weighted by atomic mass is 10.0. The second kappa shape index (κ2) is 22.6. The van der Waals surface area contributed by atoms with Crippen LogP contribution >= 0.6 is 0 Å². The summed E-state index contributed by atoms with van der Waals surface area (Å²) in [6.45, 7) is 5.20. The van der Waals surface area contributed by atoms with Crippen LogP contribution in [0.1, 0.15) is 129 Å². The fourth-order valence-corrected chi connectivity index (χ4v) is 5.01. The van der Waals surface area contributed by atoms with E-state index in [4.69, 9.17) is 14.5 Å². The third-order valence-corrected chi connectivity index (χ3v) is 7.32. The number of aliphatic hydroxyl groups is 1. The smallest absolute Gasteiger partial charge is 0.394 e. The van der Waals surface area contributed by atoms with E-state index in [0.717, 1.165) is 44.9 Å². The SMILES string of the molecule is CCCCCCCCCCCCCCC(CCC)NC(=O)OO[C@H](C(=O)N1CCCCC1)C(CO)OC. The zero-order valence-electron chi connectivity index (χ0n) is 24.0. The van der Waals surface area contributed by atoms with Crippen molar-refractivity contribution in [2.75, 3.05) is 26.8 Å². The van der Waals surface area contributed by atoms with E-state index in [0.29, 0.717) is 13.1 Å². The second-order valence-corrected chi connectivity index (χ2v) is 10.5. The van der Waals surface area contributed by atoms with Crippen molar-refractivity contribution in [1.29, 1.82) is 0 Å². The lowest BCUT2D eigenvalue weighted by Gasteiger charge is -2.31. The minimum atomic E-state index is -1.19. The highest BCUT2D eigenvalue weighted by molar-refractivity contribution is 5.81. The Kier molecular flexibility index (Phi) is 20.5. The first kappa shape index (κ1) is 33.6. The topological polar surface area (TPSA) is 97.3 Å². The van der Waals surface area contributed by atoms with E-state index in [-0.39, 0.29) is 11.9 Å². The summed E-state index contributed by atoms with van der Waals surface area (Å²) in [6, 6.07) is 0.0107. The second-order valence-electron chi connectivity index (χ2n) is 10.5. The Morgan fingerprint density at radius 2 is 1.38 bits per heavy atom. The number of methoxy groups -OCH3 is 1. The number of piperidine rings is 1. The molecule has 37 heavy (non-hydrogen) atoms. The number of likely N-dealkylation sites (tertiary alicyclic amines) is 1. The minimum Gasteiger partial charge on any atom is -0.394 e. The van der Waals surface area contributed by atoms with E-state index in [2.05, 4.69) is 19.2 Å². The van der Waals surface area contributed by atoms with Crippen LogP contribution in [-0.2, 0) is 19.3 Å². The molecule has 0 aromatic carbocycles. The Morgan fingerprint density at radius 1 is 0.811 bits per heavy atom. The van der Waals surface area contributed by atoms with Gasteiger partial charge in [0, 0.05) is 26.2 Å². The van der Waals surface area contributed by atoms with Crippen LogP contribution < -0.4 is 5.32 Å². The van der Waals surface area contributed by atoms with Crippen molar-refractivity contribution in [2.45, 2.75) is 148 Å². The van der Waals surface area contributed by atoms with Gasteiger partial charge < -0.3 is 20.1 Å². The van der Waals surface area contributed by atoms with Gasteiger partial charge in [-0.15, -0.1) is 0 Å². The number of carbonyl (C=O) groups is 2. The molecule has 0 aromatic rings. The first-order chi connectivity index (χ1) is 18.1. The van der Waals surface area contributed by atoms with E-state index < -0.39 is 24.9 Å². The largest absolute Gasteiger partial charge is 0.438 e. The van der Waals surface area contributed by atoms with Gasteiger partial charge in [0.25, 0.3) is 5.91 Å². The maximum absolute atomic E-state index is 12.9. The minimum absolute atomic E-state index is 0.0107. The fourth-order valence-electron chi connectivity index (χ4n) is 5.01. The number of rotatable bonds is 22. The van der Waals surface area contributed by atoms with Crippen molar-refractivity contribution in [3.05, 3.63) is 0 Å². The molecule has 1 aliphatic rings. The standard InChI is InChI=1S/C29H56N2O6/c1-4-6-7-8-9-10-11-12-13-14-15-17-21-25(20-5-2)30-29(34)37-36-27(26(24-32)35-3)28(33)31-22-18-16-19-23-31/h25-27,32H,4-24H2,1-3H3,(H,30,34)/t25?,26?,27-/m0/s1. The first-order valence-corrected chi connectivity index (χ1v) is 15.1. The molecular weight excluding hydrogens is 472 g/mol. The monoisotopic (exact) mass is 528 g/mol. The highest BCUT2D eigenvalue weighted by Crippen LogP contribution is 2.16. The zero-order chi connectivity index (χ0) is 27.1. The number of carbonyl (C=O) groups excluding carboxylic acids is 2. The van der Waals surface area contributed by atoms with Gasteiger partial charge in [-0.05, 0) is 32.1 Å².